The minimum Gasteiger partial charge on any atom is -0.494 e. The molecular weight excluding hydrogens is 388 g/mol. The van der Waals surface area contributed by atoms with Crippen LogP contribution in [0.2, 0.25) is 0 Å². The second-order valence-electron chi connectivity index (χ2n) is 7.05. The Morgan fingerprint density at radius 3 is 2.24 bits per heavy atom. The summed E-state index contributed by atoms with van der Waals surface area (Å²) in [6.45, 7) is 5.05. The molecule has 6 nitrogen and oxygen atoms in total. The van der Waals surface area contributed by atoms with Crippen LogP contribution < -0.4 is 10.1 Å². The van der Waals surface area contributed by atoms with Gasteiger partial charge in [0.2, 0.25) is 15.9 Å². The van der Waals surface area contributed by atoms with Gasteiger partial charge in [0, 0.05) is 13.1 Å². The van der Waals surface area contributed by atoms with Crippen molar-refractivity contribution in [2.45, 2.75) is 33.2 Å². The lowest BCUT2D eigenvalue weighted by atomic mass is 10.1. The quantitative estimate of drug-likeness (QED) is 0.570. The monoisotopic (exact) mass is 418 g/mol. The van der Waals surface area contributed by atoms with Gasteiger partial charge in [0.15, 0.2) is 0 Å². The van der Waals surface area contributed by atoms with Gasteiger partial charge >= 0.3 is 0 Å². The van der Waals surface area contributed by atoms with E-state index in [2.05, 4.69) is 5.32 Å². The van der Waals surface area contributed by atoms with E-state index in [1.807, 2.05) is 62.4 Å². The van der Waals surface area contributed by atoms with Crippen molar-refractivity contribution >= 4 is 15.9 Å². The summed E-state index contributed by atoms with van der Waals surface area (Å²) in [4.78, 5) is 12.2. The summed E-state index contributed by atoms with van der Waals surface area (Å²) in [6, 6.07) is 15.5. The summed E-state index contributed by atoms with van der Waals surface area (Å²) >= 11 is 0. The van der Waals surface area contributed by atoms with Crippen LogP contribution in [0.15, 0.2) is 48.5 Å². The lowest BCUT2D eigenvalue weighted by molar-refractivity contribution is -0.121. The molecular formula is C22H30N2O4S. The second-order valence-corrected chi connectivity index (χ2v) is 9.03. The number of rotatable bonds is 11. The predicted octanol–water partition coefficient (Wildman–Crippen LogP) is 2.90. The van der Waals surface area contributed by atoms with Crippen molar-refractivity contribution in [3.05, 3.63) is 65.2 Å². The third kappa shape index (κ3) is 8.25. The Balaban J connectivity index is 1.79. The third-order valence-corrected chi connectivity index (χ3v) is 5.66. The van der Waals surface area contributed by atoms with Crippen molar-refractivity contribution in [2.24, 2.45) is 0 Å². The fourth-order valence-electron chi connectivity index (χ4n) is 2.84. The van der Waals surface area contributed by atoms with Gasteiger partial charge in [-0.2, -0.15) is 4.31 Å². The third-order valence-electron chi connectivity index (χ3n) is 4.47. The fourth-order valence-corrected chi connectivity index (χ4v) is 3.58. The molecule has 0 aliphatic heterocycles. The topological polar surface area (TPSA) is 75.7 Å². The van der Waals surface area contributed by atoms with Gasteiger partial charge in [-0.15, -0.1) is 0 Å². The van der Waals surface area contributed by atoms with E-state index in [1.165, 1.54) is 9.87 Å². The molecule has 0 radical (unpaired) electrons. The smallest absolute Gasteiger partial charge is 0.235 e. The van der Waals surface area contributed by atoms with Crippen LogP contribution in [0.5, 0.6) is 5.75 Å². The molecule has 7 heteroatoms. The molecule has 1 amide bonds. The molecule has 0 heterocycles. The van der Waals surface area contributed by atoms with Gasteiger partial charge in [-0.3, -0.25) is 4.79 Å². The van der Waals surface area contributed by atoms with Crippen molar-refractivity contribution in [1.82, 2.24) is 9.62 Å². The molecule has 158 valence electrons. The van der Waals surface area contributed by atoms with E-state index in [0.29, 0.717) is 13.2 Å². The van der Waals surface area contributed by atoms with Crippen molar-refractivity contribution in [3.8, 4) is 5.75 Å². The van der Waals surface area contributed by atoms with E-state index in [9.17, 15) is 13.2 Å². The molecule has 29 heavy (non-hydrogen) atoms. The summed E-state index contributed by atoms with van der Waals surface area (Å²) in [5, 5.41) is 2.81. The number of carbonyl (C=O) groups is 1. The second kappa shape index (κ2) is 11.0. The number of hydrogen-bond acceptors (Lipinski definition) is 4. The number of benzene rings is 2. The number of nitrogens with zero attached hydrogens (tertiary/aromatic N) is 1. The number of ether oxygens (including phenoxy) is 1. The number of hydrogen-bond donors (Lipinski definition) is 1. The summed E-state index contributed by atoms with van der Waals surface area (Å²) < 4.78 is 30.7. The highest BCUT2D eigenvalue weighted by Gasteiger charge is 2.20. The Bertz CT molecular complexity index is 878. The van der Waals surface area contributed by atoms with Crippen LogP contribution in [0.4, 0.5) is 0 Å². The molecule has 0 aromatic heterocycles. The summed E-state index contributed by atoms with van der Waals surface area (Å²) in [5.74, 6) is 0.549. The normalized spacial score (nSPS) is 11.4. The van der Waals surface area contributed by atoms with Gasteiger partial charge < -0.3 is 10.1 Å². The Morgan fingerprint density at radius 2 is 1.66 bits per heavy atom. The average molecular weight is 419 g/mol. The molecule has 0 atom stereocenters. The molecule has 0 aliphatic carbocycles. The van der Waals surface area contributed by atoms with Crippen molar-refractivity contribution in [2.75, 3.05) is 26.0 Å². The van der Waals surface area contributed by atoms with Gasteiger partial charge in [0.25, 0.3) is 0 Å². The molecule has 2 rings (SSSR count). The van der Waals surface area contributed by atoms with E-state index in [1.54, 1.807) is 0 Å². The van der Waals surface area contributed by atoms with Crippen LogP contribution in [0.1, 0.15) is 30.0 Å². The van der Waals surface area contributed by atoms with E-state index in [4.69, 9.17) is 4.74 Å². The Morgan fingerprint density at radius 1 is 1.03 bits per heavy atom. The van der Waals surface area contributed by atoms with Crippen LogP contribution in [0.3, 0.4) is 0 Å². The van der Waals surface area contributed by atoms with Gasteiger partial charge in [0.1, 0.15) is 5.75 Å². The highest BCUT2D eigenvalue weighted by Crippen LogP contribution is 2.13. The van der Waals surface area contributed by atoms with E-state index < -0.39 is 10.0 Å². The van der Waals surface area contributed by atoms with Crippen LogP contribution in [-0.4, -0.2) is 44.6 Å². The molecule has 2 aromatic carbocycles. The molecule has 0 unspecified atom stereocenters. The molecule has 0 bridgehead atoms. The largest absolute Gasteiger partial charge is 0.494 e. The van der Waals surface area contributed by atoms with Crippen molar-refractivity contribution < 1.29 is 17.9 Å². The van der Waals surface area contributed by atoms with Crippen LogP contribution in [0.25, 0.3) is 0 Å². The SMILES string of the molecule is CCOc1ccc(CCCNC(=O)CN(Cc2ccc(C)cc2)S(C)(=O)=O)cc1. The van der Waals surface area contributed by atoms with Gasteiger partial charge in [-0.1, -0.05) is 42.0 Å². The minimum atomic E-state index is -3.49. The fraction of sp³-hybridized carbons (Fsp3) is 0.409. The minimum absolute atomic E-state index is 0.179. The van der Waals surface area contributed by atoms with Gasteiger partial charge in [-0.05, 0) is 49.9 Å². The summed E-state index contributed by atoms with van der Waals surface area (Å²) in [6.07, 6.45) is 2.72. The first-order valence-electron chi connectivity index (χ1n) is 9.77. The van der Waals surface area contributed by atoms with Gasteiger partial charge in [0.05, 0.1) is 19.4 Å². The average Bonchev–Trinajstić information content (AvgIpc) is 2.67. The maximum Gasteiger partial charge on any atom is 0.235 e. The molecule has 0 saturated carbocycles. The van der Waals surface area contributed by atoms with Crippen LogP contribution in [0, 0.1) is 6.92 Å². The zero-order valence-electron chi connectivity index (χ0n) is 17.3. The van der Waals surface area contributed by atoms with Gasteiger partial charge in [-0.25, -0.2) is 8.42 Å². The predicted molar refractivity (Wildman–Crippen MR) is 115 cm³/mol. The van der Waals surface area contributed by atoms with E-state index in [-0.39, 0.29) is 19.0 Å². The summed E-state index contributed by atoms with van der Waals surface area (Å²) in [5.41, 5.74) is 3.12. The number of sulfonamides is 1. The molecule has 0 spiro atoms. The van der Waals surface area contributed by atoms with Crippen LogP contribution in [-0.2, 0) is 27.8 Å². The zero-order chi connectivity index (χ0) is 21.3. The first-order chi connectivity index (χ1) is 13.8. The highest BCUT2D eigenvalue weighted by molar-refractivity contribution is 7.88. The molecule has 0 fully saturated rings. The molecule has 0 aliphatic rings. The van der Waals surface area contributed by atoms with Crippen molar-refractivity contribution in [3.63, 3.8) is 0 Å². The Hall–Kier alpha value is -2.38. The maximum atomic E-state index is 12.2. The number of aryl methyl sites for hydroxylation is 2. The highest BCUT2D eigenvalue weighted by atomic mass is 32.2. The lowest BCUT2D eigenvalue weighted by Gasteiger charge is -2.19. The Labute approximate surface area is 173 Å². The maximum absolute atomic E-state index is 12.2. The number of carbonyl (C=O) groups excluding carboxylic acids is 1. The van der Waals surface area contributed by atoms with Crippen molar-refractivity contribution in [1.29, 1.82) is 0 Å². The number of nitrogens with one attached hydrogen (secondary N) is 1. The van der Waals surface area contributed by atoms with E-state index >= 15 is 0 Å². The standard InChI is InChI=1S/C22H30N2O4S/c1-4-28-21-13-11-19(12-14-21)6-5-15-23-22(25)17-24(29(3,26)27)16-20-9-7-18(2)8-10-20/h7-14H,4-6,15-17H2,1-3H3,(H,23,25). The molecule has 1 N–H and O–H groups in total. The molecule has 2 aromatic rings. The lowest BCUT2D eigenvalue weighted by Crippen LogP contribution is -2.40. The molecule has 0 saturated heterocycles. The number of amides is 1. The first kappa shape index (κ1) is 22.9. The first-order valence-corrected chi connectivity index (χ1v) is 11.6. The zero-order valence-corrected chi connectivity index (χ0v) is 18.2. The summed E-state index contributed by atoms with van der Waals surface area (Å²) in [7, 11) is -3.49. The van der Waals surface area contributed by atoms with Crippen LogP contribution >= 0.6 is 0 Å². The Kier molecular flexibility index (Phi) is 8.67. The van der Waals surface area contributed by atoms with E-state index in [0.717, 1.165) is 36.0 Å².